The van der Waals surface area contributed by atoms with Gasteiger partial charge in [0.05, 0.1) is 42.7 Å². The van der Waals surface area contributed by atoms with Crippen molar-refractivity contribution in [2.45, 2.75) is 187 Å². The lowest BCUT2D eigenvalue weighted by atomic mass is 9.88. The molecule has 0 aliphatic carbocycles. The van der Waals surface area contributed by atoms with E-state index in [-0.39, 0.29) is 107 Å². The number of primary amides is 1. The van der Waals surface area contributed by atoms with Crippen LogP contribution in [0.2, 0.25) is 0 Å². The highest BCUT2D eigenvalue weighted by molar-refractivity contribution is 5.97. The Morgan fingerprint density at radius 3 is 1.97 bits per heavy atom. The Morgan fingerprint density at radius 2 is 1.39 bits per heavy atom. The van der Waals surface area contributed by atoms with Gasteiger partial charge in [-0.3, -0.25) is 52.7 Å². The number of ketones is 5. The highest BCUT2D eigenvalue weighted by atomic mass is 16.4. The zero-order valence-corrected chi connectivity index (χ0v) is 40.5. The van der Waals surface area contributed by atoms with Crippen LogP contribution in [0, 0.1) is 29.6 Å². The van der Waals surface area contributed by atoms with Gasteiger partial charge in [-0.1, -0.05) is 53.9 Å². The normalized spacial score (nSPS) is 19.2. The molecule has 19 heteroatoms. The van der Waals surface area contributed by atoms with Gasteiger partial charge in [-0.15, -0.1) is 0 Å². The van der Waals surface area contributed by atoms with E-state index in [4.69, 9.17) is 5.73 Å². The van der Waals surface area contributed by atoms with Crippen LogP contribution < -0.4 is 27.0 Å². The van der Waals surface area contributed by atoms with Gasteiger partial charge in [0.2, 0.25) is 29.5 Å². The SMILES string of the molecule is CCCCC[C@H](CC(=O)[C@@H]1CCCN1C(=O)CCC(=O)[C@@H](C)NC(=O)[C@H](CC(=O)CNC(=O)[C@H](CC(=O)[C@H](CCC(N)=O)NC(=O)CCC(=O)[C@@H]1C[C@@H](O)CN1)CC(C)C)CC(C)C)C(=O)O. The molecule has 0 aromatic carbocycles. The van der Waals surface area contributed by atoms with E-state index in [0.29, 0.717) is 32.2 Å². The number of β-amino-alcohol motifs (C(OH)–C–C–N with tert-alkyl or cyclic N) is 1. The van der Waals surface area contributed by atoms with Gasteiger partial charge in [-0.05, 0) is 63.7 Å². The molecule has 0 unspecified atom stereocenters. The van der Waals surface area contributed by atoms with Crippen LogP contribution in [-0.2, 0) is 52.7 Å². The number of nitrogens with two attached hydrogens (primary N) is 1. The molecule has 8 atom stereocenters. The summed E-state index contributed by atoms with van der Waals surface area (Å²) < 4.78 is 0. The number of hydrogen-bond acceptors (Lipinski definition) is 13. The third-order valence-corrected chi connectivity index (χ3v) is 12.5. The van der Waals surface area contributed by atoms with Crippen molar-refractivity contribution < 1.29 is 63.0 Å². The molecule has 67 heavy (non-hydrogen) atoms. The van der Waals surface area contributed by atoms with Crippen LogP contribution in [0.5, 0.6) is 0 Å². The summed E-state index contributed by atoms with van der Waals surface area (Å²) >= 11 is 0. The van der Waals surface area contributed by atoms with Crippen LogP contribution in [0.1, 0.15) is 157 Å². The van der Waals surface area contributed by atoms with E-state index >= 15 is 0 Å². The van der Waals surface area contributed by atoms with Crippen molar-refractivity contribution in [3.8, 4) is 0 Å². The Hall–Kier alpha value is -4.91. The molecule has 2 fully saturated rings. The largest absolute Gasteiger partial charge is 0.481 e. The fraction of sp³-hybridized carbons (Fsp3) is 0.771. The molecule has 0 radical (unpaired) electrons. The van der Waals surface area contributed by atoms with Crippen molar-refractivity contribution in [1.29, 1.82) is 0 Å². The maximum absolute atomic E-state index is 13.6. The van der Waals surface area contributed by atoms with Gasteiger partial charge in [0.1, 0.15) is 5.78 Å². The number of nitrogens with zero attached hydrogens (tertiary/aromatic N) is 1. The topological polar surface area (TPSA) is 306 Å². The van der Waals surface area contributed by atoms with E-state index in [1.54, 1.807) is 0 Å². The summed E-state index contributed by atoms with van der Waals surface area (Å²) in [6.45, 7) is 11.0. The minimum absolute atomic E-state index is 0.0248. The lowest BCUT2D eigenvalue weighted by molar-refractivity contribution is -0.145. The van der Waals surface area contributed by atoms with Crippen molar-refractivity contribution >= 4 is 64.4 Å². The van der Waals surface area contributed by atoms with Gasteiger partial charge in [0, 0.05) is 76.3 Å². The zero-order chi connectivity index (χ0) is 50.4. The Bertz CT molecular complexity index is 1750. The first kappa shape index (κ1) is 58.2. The van der Waals surface area contributed by atoms with Gasteiger partial charge in [0.15, 0.2) is 23.1 Å². The van der Waals surface area contributed by atoms with Crippen molar-refractivity contribution in [2.24, 2.45) is 35.3 Å². The number of likely N-dealkylation sites (tertiary alicyclic amines) is 1. The third kappa shape index (κ3) is 21.7. The summed E-state index contributed by atoms with van der Waals surface area (Å²) in [6, 6.07) is -3.49. The molecule has 0 spiro atoms. The molecule has 2 aliphatic rings. The predicted octanol–water partition coefficient (Wildman–Crippen LogP) is 2.25. The minimum Gasteiger partial charge on any atom is -0.481 e. The molecule has 19 nitrogen and oxygen atoms in total. The Labute approximate surface area is 395 Å². The lowest BCUT2D eigenvalue weighted by Crippen LogP contribution is -2.45. The van der Waals surface area contributed by atoms with E-state index in [2.05, 4.69) is 21.3 Å². The molecule has 2 heterocycles. The highest BCUT2D eigenvalue weighted by Gasteiger charge is 2.37. The number of carboxylic acids is 1. The standard InChI is InChI=1S/C48H78N6O13/c1-7-8-9-11-31(48(66)67)23-42(60)38-12-10-19-54(38)45(63)18-15-39(57)30(6)52-47(65)32(20-28(2)3)22-34(55)27-51-46(64)33(21-29(4)5)24-41(59)36(13-16-43(49)61)53-44(62)17-14-40(58)37-25-35(56)26-50-37/h28-33,35-38,50,56H,7-27H2,1-6H3,(H2,49,61)(H,51,64)(H,52,65)(H,53,62)(H,66,67)/t30-,31-,32+,33+,35-,36+,37+,38+/m1/s1. The van der Waals surface area contributed by atoms with Crippen molar-refractivity contribution in [2.75, 3.05) is 19.6 Å². The second-order valence-electron chi connectivity index (χ2n) is 19.4. The fourth-order valence-electron chi connectivity index (χ4n) is 8.74. The molecular weight excluding hydrogens is 869 g/mol. The Balaban J connectivity index is 1.98. The van der Waals surface area contributed by atoms with Gasteiger partial charge in [0.25, 0.3) is 0 Å². The predicted molar refractivity (Wildman–Crippen MR) is 247 cm³/mol. The minimum atomic E-state index is -1.17. The van der Waals surface area contributed by atoms with Crippen LogP contribution in [0.4, 0.5) is 0 Å². The number of carboxylic acid groups (broad SMARTS) is 1. The zero-order valence-electron chi connectivity index (χ0n) is 40.5. The van der Waals surface area contributed by atoms with E-state index < -0.39 is 107 Å². The molecule has 2 saturated heterocycles. The van der Waals surface area contributed by atoms with Crippen LogP contribution in [-0.4, -0.2) is 129 Å². The van der Waals surface area contributed by atoms with E-state index in [1.165, 1.54) is 11.8 Å². The summed E-state index contributed by atoms with van der Waals surface area (Å²) in [6.07, 6.45) is 2.07. The monoisotopic (exact) mass is 947 g/mol. The number of amides is 5. The number of hydrogen-bond donors (Lipinski definition) is 7. The summed E-state index contributed by atoms with van der Waals surface area (Å²) in [5.41, 5.74) is 5.33. The molecule has 378 valence electrons. The smallest absolute Gasteiger partial charge is 0.306 e. The molecule has 5 amide bonds. The first-order valence-electron chi connectivity index (χ1n) is 24.2. The number of unbranched alkanes of at least 4 members (excludes halogenated alkanes) is 2. The van der Waals surface area contributed by atoms with Crippen molar-refractivity contribution in [1.82, 2.24) is 26.2 Å². The summed E-state index contributed by atoms with van der Waals surface area (Å²) in [7, 11) is 0. The first-order chi connectivity index (χ1) is 31.5. The molecule has 0 aromatic heterocycles. The molecule has 0 aromatic rings. The Kier molecular flexibility index (Phi) is 25.9. The molecule has 8 N–H and O–H groups in total. The second-order valence-corrected chi connectivity index (χ2v) is 19.4. The highest BCUT2D eigenvalue weighted by Crippen LogP contribution is 2.25. The molecular formula is C48H78N6O13. The average Bonchev–Trinajstić information content (AvgIpc) is 3.93. The molecule has 2 aliphatic heterocycles. The van der Waals surface area contributed by atoms with Crippen molar-refractivity contribution in [3.63, 3.8) is 0 Å². The summed E-state index contributed by atoms with van der Waals surface area (Å²) in [5.74, 6) is -8.56. The van der Waals surface area contributed by atoms with Crippen LogP contribution in [0.3, 0.4) is 0 Å². The van der Waals surface area contributed by atoms with Gasteiger partial charge >= 0.3 is 5.97 Å². The third-order valence-electron chi connectivity index (χ3n) is 12.5. The maximum Gasteiger partial charge on any atom is 0.306 e. The van der Waals surface area contributed by atoms with Gasteiger partial charge in [-0.2, -0.15) is 0 Å². The number of carbonyl (C=O) groups excluding carboxylic acids is 10. The number of aliphatic hydroxyl groups is 1. The second kappa shape index (κ2) is 29.8. The van der Waals surface area contributed by atoms with Crippen LogP contribution >= 0.6 is 0 Å². The number of aliphatic carboxylic acids is 1. The Morgan fingerprint density at radius 1 is 0.731 bits per heavy atom. The van der Waals surface area contributed by atoms with Gasteiger partial charge in [-0.25, -0.2) is 0 Å². The number of carbonyl (C=O) groups is 11. The summed E-state index contributed by atoms with van der Waals surface area (Å²) in [5, 5.41) is 30.1. The van der Waals surface area contributed by atoms with E-state index in [0.717, 1.165) is 12.8 Å². The first-order valence-corrected chi connectivity index (χ1v) is 24.2. The molecule has 0 bridgehead atoms. The fourth-order valence-corrected chi connectivity index (χ4v) is 8.74. The average molecular weight is 947 g/mol. The number of aliphatic hydroxyl groups excluding tert-OH is 1. The van der Waals surface area contributed by atoms with Crippen LogP contribution in [0.15, 0.2) is 0 Å². The lowest BCUT2D eigenvalue weighted by Gasteiger charge is -2.25. The summed E-state index contributed by atoms with van der Waals surface area (Å²) in [4.78, 5) is 144. The van der Waals surface area contributed by atoms with Crippen LogP contribution in [0.25, 0.3) is 0 Å². The molecule has 2 rings (SSSR count). The number of nitrogens with one attached hydrogen (secondary N) is 4. The maximum atomic E-state index is 13.6. The number of Topliss-reactive ketones (excluding diaryl/α,β-unsaturated/α-hetero) is 5. The van der Waals surface area contributed by atoms with E-state index in [9.17, 15) is 63.0 Å². The van der Waals surface area contributed by atoms with E-state index in [1.807, 2.05) is 34.6 Å². The van der Waals surface area contributed by atoms with Gasteiger partial charge < -0.3 is 42.1 Å². The quantitative estimate of drug-likeness (QED) is 0.0456. The molecule has 0 saturated carbocycles. The van der Waals surface area contributed by atoms with Crippen molar-refractivity contribution in [3.05, 3.63) is 0 Å². The number of rotatable bonds is 34.